The topological polar surface area (TPSA) is 29.3 Å². The lowest BCUT2D eigenvalue weighted by molar-refractivity contribution is 0.414. The number of hydrogen-bond donors (Lipinski definition) is 1. The molecule has 0 aliphatic carbocycles. The minimum atomic E-state index is 0.700. The number of halogens is 1. The third-order valence-electron chi connectivity index (χ3n) is 1.94. The quantitative estimate of drug-likeness (QED) is 0.754. The molecule has 0 aromatic heterocycles. The Morgan fingerprint density at radius 2 is 2.08 bits per heavy atom. The maximum absolute atomic E-state index is 5.80. The Morgan fingerprint density at radius 3 is 2.62 bits per heavy atom. The van der Waals surface area contributed by atoms with E-state index in [9.17, 15) is 0 Å². The van der Waals surface area contributed by atoms with Crippen LogP contribution in [0.1, 0.15) is 5.56 Å². The largest absolute Gasteiger partial charge is 0.398 e. The van der Waals surface area contributed by atoms with E-state index in [1.807, 2.05) is 26.2 Å². The van der Waals surface area contributed by atoms with E-state index in [0.29, 0.717) is 5.02 Å². The van der Waals surface area contributed by atoms with Gasteiger partial charge in [-0.15, -0.1) is 0 Å². The van der Waals surface area contributed by atoms with E-state index in [-0.39, 0.29) is 0 Å². The van der Waals surface area contributed by atoms with Gasteiger partial charge >= 0.3 is 0 Å². The monoisotopic (exact) mass is 198 g/mol. The van der Waals surface area contributed by atoms with Gasteiger partial charge in [-0.2, -0.15) is 0 Å². The SMILES string of the molecule is CN(C)CCc1ccc(Cl)cc1N. The van der Waals surface area contributed by atoms with Crippen molar-refractivity contribution in [2.24, 2.45) is 0 Å². The average molecular weight is 199 g/mol. The molecule has 0 amide bonds. The summed E-state index contributed by atoms with van der Waals surface area (Å²) in [6, 6.07) is 5.66. The van der Waals surface area contributed by atoms with Crippen LogP contribution < -0.4 is 5.73 Å². The summed E-state index contributed by atoms with van der Waals surface area (Å²) in [4.78, 5) is 2.13. The lowest BCUT2D eigenvalue weighted by atomic mass is 10.1. The average Bonchev–Trinajstić information content (AvgIpc) is 2.02. The molecule has 0 spiro atoms. The van der Waals surface area contributed by atoms with Gasteiger partial charge in [0.2, 0.25) is 0 Å². The van der Waals surface area contributed by atoms with Crippen molar-refractivity contribution in [3.8, 4) is 0 Å². The number of likely N-dealkylation sites (N-methyl/N-ethyl adjacent to an activating group) is 1. The first-order valence-corrected chi connectivity index (χ1v) is 4.66. The van der Waals surface area contributed by atoms with E-state index in [0.717, 1.165) is 24.2 Å². The summed E-state index contributed by atoms with van der Waals surface area (Å²) in [6.45, 7) is 1.01. The Balaban J connectivity index is 2.67. The van der Waals surface area contributed by atoms with E-state index in [2.05, 4.69) is 4.90 Å². The van der Waals surface area contributed by atoms with Gasteiger partial charge in [0.1, 0.15) is 0 Å². The predicted octanol–water partition coefficient (Wildman–Crippen LogP) is 2.03. The Labute approximate surface area is 84.3 Å². The zero-order valence-corrected chi connectivity index (χ0v) is 8.80. The molecule has 3 heteroatoms. The normalized spacial score (nSPS) is 10.8. The molecule has 0 atom stereocenters. The molecule has 0 bridgehead atoms. The van der Waals surface area contributed by atoms with Crippen LogP contribution in [0.4, 0.5) is 5.69 Å². The Kier molecular flexibility index (Phi) is 3.58. The molecule has 0 aliphatic heterocycles. The summed E-state index contributed by atoms with van der Waals surface area (Å²) >= 11 is 5.79. The van der Waals surface area contributed by atoms with Crippen LogP contribution in [-0.4, -0.2) is 25.5 Å². The van der Waals surface area contributed by atoms with E-state index in [1.165, 1.54) is 0 Å². The predicted molar refractivity (Wildman–Crippen MR) is 58.1 cm³/mol. The van der Waals surface area contributed by atoms with Crippen molar-refractivity contribution in [3.05, 3.63) is 28.8 Å². The summed E-state index contributed by atoms with van der Waals surface area (Å²) in [5.41, 5.74) is 7.76. The van der Waals surface area contributed by atoms with Crippen LogP contribution in [0.2, 0.25) is 5.02 Å². The Hall–Kier alpha value is -0.730. The van der Waals surface area contributed by atoms with Crippen LogP contribution in [0, 0.1) is 0 Å². The summed E-state index contributed by atoms with van der Waals surface area (Å²) < 4.78 is 0. The molecular formula is C10H15ClN2. The van der Waals surface area contributed by atoms with Gasteiger partial charge in [-0.3, -0.25) is 0 Å². The second-order valence-electron chi connectivity index (χ2n) is 3.40. The van der Waals surface area contributed by atoms with Crippen molar-refractivity contribution >= 4 is 17.3 Å². The lowest BCUT2D eigenvalue weighted by Gasteiger charge is -2.10. The van der Waals surface area contributed by atoms with Gasteiger partial charge in [0.25, 0.3) is 0 Å². The highest BCUT2D eigenvalue weighted by Crippen LogP contribution is 2.18. The van der Waals surface area contributed by atoms with Crippen molar-refractivity contribution in [2.45, 2.75) is 6.42 Å². The first-order valence-electron chi connectivity index (χ1n) is 4.28. The number of nitrogen functional groups attached to an aromatic ring is 1. The van der Waals surface area contributed by atoms with Crippen molar-refractivity contribution in [2.75, 3.05) is 26.4 Å². The van der Waals surface area contributed by atoms with Gasteiger partial charge in [-0.1, -0.05) is 17.7 Å². The molecule has 13 heavy (non-hydrogen) atoms. The van der Waals surface area contributed by atoms with Crippen LogP contribution in [0.5, 0.6) is 0 Å². The highest BCUT2D eigenvalue weighted by Gasteiger charge is 2.00. The number of benzene rings is 1. The van der Waals surface area contributed by atoms with Crippen LogP contribution in [0.25, 0.3) is 0 Å². The van der Waals surface area contributed by atoms with Gasteiger partial charge < -0.3 is 10.6 Å². The van der Waals surface area contributed by atoms with E-state index in [1.54, 1.807) is 6.07 Å². The Morgan fingerprint density at radius 1 is 1.38 bits per heavy atom. The van der Waals surface area contributed by atoms with Crippen LogP contribution in [0.3, 0.4) is 0 Å². The molecule has 0 saturated heterocycles. The fourth-order valence-electron chi connectivity index (χ4n) is 1.14. The maximum atomic E-state index is 5.80. The van der Waals surface area contributed by atoms with E-state index < -0.39 is 0 Å². The maximum Gasteiger partial charge on any atom is 0.0426 e. The zero-order chi connectivity index (χ0) is 9.84. The molecule has 0 aliphatic rings. The summed E-state index contributed by atoms with van der Waals surface area (Å²) in [6.07, 6.45) is 0.968. The first-order chi connectivity index (χ1) is 6.09. The van der Waals surface area contributed by atoms with Gasteiger partial charge in [0.15, 0.2) is 0 Å². The molecule has 0 heterocycles. The number of hydrogen-bond acceptors (Lipinski definition) is 2. The highest BCUT2D eigenvalue weighted by atomic mass is 35.5. The Bertz CT molecular complexity index is 284. The number of rotatable bonds is 3. The second kappa shape index (κ2) is 4.49. The van der Waals surface area contributed by atoms with Gasteiger partial charge in [0.05, 0.1) is 0 Å². The van der Waals surface area contributed by atoms with Gasteiger partial charge in [-0.05, 0) is 38.2 Å². The van der Waals surface area contributed by atoms with Crippen molar-refractivity contribution in [1.82, 2.24) is 4.90 Å². The fraction of sp³-hybridized carbons (Fsp3) is 0.400. The van der Waals surface area contributed by atoms with E-state index >= 15 is 0 Å². The minimum Gasteiger partial charge on any atom is -0.398 e. The molecule has 72 valence electrons. The molecule has 2 nitrogen and oxygen atoms in total. The van der Waals surface area contributed by atoms with Crippen molar-refractivity contribution in [1.29, 1.82) is 0 Å². The van der Waals surface area contributed by atoms with Crippen LogP contribution in [-0.2, 0) is 6.42 Å². The standard InChI is InChI=1S/C10H15ClN2/c1-13(2)6-5-8-3-4-9(11)7-10(8)12/h3-4,7H,5-6,12H2,1-2H3. The zero-order valence-electron chi connectivity index (χ0n) is 8.05. The fourth-order valence-corrected chi connectivity index (χ4v) is 1.32. The second-order valence-corrected chi connectivity index (χ2v) is 3.83. The molecule has 0 unspecified atom stereocenters. The van der Waals surface area contributed by atoms with Gasteiger partial charge in [0, 0.05) is 17.3 Å². The summed E-state index contributed by atoms with van der Waals surface area (Å²) in [7, 11) is 4.10. The molecule has 1 aromatic rings. The minimum absolute atomic E-state index is 0.700. The number of nitrogens with two attached hydrogens (primary N) is 1. The smallest absolute Gasteiger partial charge is 0.0426 e. The molecule has 2 N–H and O–H groups in total. The third-order valence-corrected chi connectivity index (χ3v) is 2.17. The molecule has 0 fully saturated rings. The number of anilines is 1. The van der Waals surface area contributed by atoms with Crippen molar-refractivity contribution < 1.29 is 0 Å². The third kappa shape index (κ3) is 3.25. The highest BCUT2D eigenvalue weighted by molar-refractivity contribution is 6.30. The molecular weight excluding hydrogens is 184 g/mol. The van der Waals surface area contributed by atoms with Crippen molar-refractivity contribution in [3.63, 3.8) is 0 Å². The molecule has 0 radical (unpaired) electrons. The molecule has 1 rings (SSSR count). The molecule has 0 saturated carbocycles. The van der Waals surface area contributed by atoms with E-state index in [4.69, 9.17) is 17.3 Å². The number of nitrogens with zero attached hydrogens (tertiary/aromatic N) is 1. The lowest BCUT2D eigenvalue weighted by Crippen LogP contribution is -2.15. The van der Waals surface area contributed by atoms with Gasteiger partial charge in [-0.25, -0.2) is 0 Å². The molecule has 1 aromatic carbocycles. The summed E-state index contributed by atoms with van der Waals surface area (Å²) in [5, 5.41) is 0.700. The van der Waals surface area contributed by atoms with Crippen LogP contribution >= 0.6 is 11.6 Å². The first kappa shape index (κ1) is 10.4. The van der Waals surface area contributed by atoms with Crippen LogP contribution in [0.15, 0.2) is 18.2 Å². The summed E-state index contributed by atoms with van der Waals surface area (Å²) in [5.74, 6) is 0.